The number of fused-ring (bicyclic) bond motifs is 1. The Kier molecular flexibility index (Phi) is 5.73. The predicted molar refractivity (Wildman–Crippen MR) is 87.5 cm³/mol. The highest BCUT2D eigenvalue weighted by Crippen LogP contribution is 2.41. The summed E-state index contributed by atoms with van der Waals surface area (Å²) in [7, 11) is 0. The summed E-state index contributed by atoms with van der Waals surface area (Å²) >= 11 is 0. The normalized spacial score (nSPS) is 21.5. The minimum Gasteiger partial charge on any atom is -0.466 e. The van der Waals surface area contributed by atoms with E-state index in [9.17, 15) is 15.3 Å². The summed E-state index contributed by atoms with van der Waals surface area (Å²) in [6.07, 6.45) is 1.15. The number of carbonyl (C=O) groups is 1. The molecule has 0 aromatic heterocycles. The fourth-order valence-electron chi connectivity index (χ4n) is 2.99. The zero-order valence-electron chi connectivity index (χ0n) is 13.7. The van der Waals surface area contributed by atoms with E-state index in [1.54, 1.807) is 13.0 Å². The molecule has 5 heteroatoms. The van der Waals surface area contributed by atoms with Crippen molar-refractivity contribution in [2.75, 3.05) is 6.61 Å². The van der Waals surface area contributed by atoms with Crippen LogP contribution in [-0.2, 0) is 20.7 Å². The summed E-state index contributed by atoms with van der Waals surface area (Å²) in [5.41, 5.74) is 0.385. The van der Waals surface area contributed by atoms with E-state index in [-0.39, 0.29) is 25.6 Å². The molecule has 1 aliphatic heterocycles. The van der Waals surface area contributed by atoms with Gasteiger partial charge < -0.3 is 9.47 Å². The lowest BCUT2D eigenvalue weighted by Gasteiger charge is -2.28. The summed E-state index contributed by atoms with van der Waals surface area (Å²) in [6.45, 7) is 5.71. The fraction of sp³-hybridized carbons (Fsp3) is 0.421. The van der Waals surface area contributed by atoms with Gasteiger partial charge in [0.15, 0.2) is 5.41 Å². The van der Waals surface area contributed by atoms with Gasteiger partial charge in [-0.3, -0.25) is 4.79 Å². The molecule has 0 spiro atoms. The lowest BCUT2D eigenvalue weighted by Crippen LogP contribution is -2.38. The molecule has 2 atom stereocenters. The second-order valence-electron chi connectivity index (χ2n) is 5.72. The molecule has 24 heavy (non-hydrogen) atoms. The zero-order chi connectivity index (χ0) is 17.6. The van der Waals surface area contributed by atoms with E-state index < -0.39 is 17.5 Å². The first kappa shape index (κ1) is 17.7. The second-order valence-corrected chi connectivity index (χ2v) is 5.72. The monoisotopic (exact) mass is 324 g/mol. The Morgan fingerprint density at radius 3 is 2.79 bits per heavy atom. The van der Waals surface area contributed by atoms with Crippen molar-refractivity contribution in [1.29, 1.82) is 10.5 Å². The van der Waals surface area contributed by atoms with Gasteiger partial charge >= 0.3 is 5.97 Å². The van der Waals surface area contributed by atoms with Crippen LogP contribution in [0.3, 0.4) is 0 Å². The van der Waals surface area contributed by atoms with Crippen LogP contribution in [0.25, 0.3) is 0 Å². The summed E-state index contributed by atoms with van der Waals surface area (Å²) in [6, 6.07) is 11.8. The molecule has 0 N–H and O–H groups in total. The first-order valence-electron chi connectivity index (χ1n) is 7.92. The number of carbonyl (C=O) groups excluding carboxylic acids is 1. The standard InChI is InChI=1S/C19H20N2O3/c1-3-7-16-15-9-6-5-8-14(15)11-19(12-20,13-21)17(24-16)10-18(22)23-4-2/h3,5-6,8-9,16-17H,1,4,7,10-11H2,2H3/t16-,17+/m0/s1. The Morgan fingerprint density at radius 2 is 2.17 bits per heavy atom. The van der Waals surface area contributed by atoms with Crippen molar-refractivity contribution < 1.29 is 14.3 Å². The van der Waals surface area contributed by atoms with Gasteiger partial charge in [-0.1, -0.05) is 30.3 Å². The minimum atomic E-state index is -1.43. The Labute approximate surface area is 142 Å². The van der Waals surface area contributed by atoms with Gasteiger partial charge in [-0.2, -0.15) is 10.5 Å². The maximum atomic E-state index is 11.9. The van der Waals surface area contributed by atoms with Gasteiger partial charge in [0.2, 0.25) is 0 Å². The number of benzene rings is 1. The van der Waals surface area contributed by atoms with E-state index in [4.69, 9.17) is 9.47 Å². The van der Waals surface area contributed by atoms with Crippen LogP contribution in [0, 0.1) is 28.1 Å². The fourth-order valence-corrected chi connectivity index (χ4v) is 2.99. The predicted octanol–water partition coefficient (Wildman–Crippen LogP) is 3.23. The van der Waals surface area contributed by atoms with Gasteiger partial charge in [-0.25, -0.2) is 0 Å². The zero-order valence-corrected chi connectivity index (χ0v) is 13.7. The van der Waals surface area contributed by atoms with Crippen LogP contribution in [0.1, 0.15) is 37.0 Å². The molecule has 1 aliphatic rings. The quantitative estimate of drug-likeness (QED) is 0.613. The van der Waals surface area contributed by atoms with Gasteiger partial charge in [0.25, 0.3) is 0 Å². The Bertz CT molecular complexity index is 685. The van der Waals surface area contributed by atoms with Crippen LogP contribution in [0.4, 0.5) is 0 Å². The molecule has 0 radical (unpaired) electrons. The minimum absolute atomic E-state index is 0.128. The molecule has 0 bridgehead atoms. The summed E-state index contributed by atoms with van der Waals surface area (Å²) in [5.74, 6) is -0.472. The third-order valence-electron chi connectivity index (χ3n) is 4.19. The van der Waals surface area contributed by atoms with Gasteiger partial charge in [-0.15, -0.1) is 6.58 Å². The molecule has 2 rings (SSSR count). The Balaban J connectivity index is 2.46. The van der Waals surface area contributed by atoms with E-state index in [1.807, 2.05) is 24.3 Å². The van der Waals surface area contributed by atoms with E-state index in [0.29, 0.717) is 6.42 Å². The van der Waals surface area contributed by atoms with Crippen molar-refractivity contribution in [2.45, 2.75) is 38.4 Å². The van der Waals surface area contributed by atoms with E-state index >= 15 is 0 Å². The Morgan fingerprint density at radius 1 is 1.46 bits per heavy atom. The van der Waals surface area contributed by atoms with Crippen LogP contribution in [-0.4, -0.2) is 18.7 Å². The van der Waals surface area contributed by atoms with Gasteiger partial charge in [0.05, 0.1) is 31.3 Å². The molecule has 0 saturated carbocycles. The molecule has 5 nitrogen and oxygen atoms in total. The molecule has 124 valence electrons. The molecule has 0 amide bonds. The van der Waals surface area contributed by atoms with Crippen molar-refractivity contribution in [1.82, 2.24) is 0 Å². The molecule has 1 aromatic rings. The number of rotatable bonds is 5. The number of nitrogens with zero attached hydrogens (tertiary/aromatic N) is 2. The van der Waals surface area contributed by atoms with Crippen LogP contribution < -0.4 is 0 Å². The number of ether oxygens (including phenoxy) is 2. The average molecular weight is 324 g/mol. The molecule has 1 aromatic carbocycles. The van der Waals surface area contributed by atoms with Crippen molar-refractivity contribution in [3.05, 3.63) is 48.0 Å². The van der Waals surface area contributed by atoms with Crippen LogP contribution in [0.5, 0.6) is 0 Å². The molecule has 0 unspecified atom stereocenters. The summed E-state index contributed by atoms with van der Waals surface area (Å²) in [4.78, 5) is 11.9. The molecule has 0 fully saturated rings. The van der Waals surface area contributed by atoms with Crippen molar-refractivity contribution in [3.63, 3.8) is 0 Å². The largest absolute Gasteiger partial charge is 0.466 e. The highest BCUT2D eigenvalue weighted by Gasteiger charge is 2.46. The summed E-state index contributed by atoms with van der Waals surface area (Å²) < 4.78 is 11.1. The lowest BCUT2D eigenvalue weighted by molar-refractivity contribution is -0.149. The van der Waals surface area contributed by atoms with Crippen LogP contribution in [0.15, 0.2) is 36.9 Å². The van der Waals surface area contributed by atoms with Crippen LogP contribution >= 0.6 is 0 Å². The van der Waals surface area contributed by atoms with Gasteiger partial charge in [0.1, 0.15) is 6.10 Å². The topological polar surface area (TPSA) is 83.1 Å². The summed E-state index contributed by atoms with van der Waals surface area (Å²) in [5, 5.41) is 19.4. The number of hydrogen-bond donors (Lipinski definition) is 0. The van der Waals surface area contributed by atoms with Crippen LogP contribution in [0.2, 0.25) is 0 Å². The Hall–Kier alpha value is -2.63. The lowest BCUT2D eigenvalue weighted by atomic mass is 9.78. The van der Waals surface area contributed by atoms with E-state index in [2.05, 4.69) is 18.7 Å². The first-order valence-corrected chi connectivity index (χ1v) is 7.92. The smallest absolute Gasteiger partial charge is 0.308 e. The molecular weight excluding hydrogens is 304 g/mol. The molecule has 1 heterocycles. The van der Waals surface area contributed by atoms with Crippen molar-refractivity contribution in [3.8, 4) is 12.1 Å². The number of nitriles is 2. The highest BCUT2D eigenvalue weighted by molar-refractivity contribution is 5.70. The number of hydrogen-bond acceptors (Lipinski definition) is 5. The average Bonchev–Trinajstić information content (AvgIpc) is 2.71. The second kappa shape index (κ2) is 7.77. The molecule has 0 aliphatic carbocycles. The van der Waals surface area contributed by atoms with E-state index in [0.717, 1.165) is 11.1 Å². The van der Waals surface area contributed by atoms with Gasteiger partial charge in [-0.05, 0) is 24.5 Å². The molecular formula is C19H20N2O3. The maximum absolute atomic E-state index is 11.9. The van der Waals surface area contributed by atoms with Crippen molar-refractivity contribution >= 4 is 5.97 Å². The molecule has 0 saturated heterocycles. The third-order valence-corrected chi connectivity index (χ3v) is 4.19. The van der Waals surface area contributed by atoms with Crippen molar-refractivity contribution in [2.24, 2.45) is 5.41 Å². The highest BCUT2D eigenvalue weighted by atomic mass is 16.5. The maximum Gasteiger partial charge on any atom is 0.308 e. The van der Waals surface area contributed by atoms with Gasteiger partial charge in [0, 0.05) is 6.42 Å². The van der Waals surface area contributed by atoms with E-state index in [1.165, 1.54) is 0 Å². The first-order chi connectivity index (χ1) is 11.6. The number of esters is 1. The SMILES string of the molecule is C=CC[C@@H]1O[C@H](CC(=O)OCC)C(C#N)(C#N)Cc2ccccc21. The third kappa shape index (κ3) is 3.48.